The molecular formula is C15H22N2O3. The molecule has 1 fully saturated rings. The molecule has 1 aliphatic heterocycles. The first-order chi connectivity index (χ1) is 9.54. The Hall–Kier alpha value is -1.43. The van der Waals surface area contributed by atoms with Crippen molar-refractivity contribution in [1.82, 2.24) is 4.90 Å². The highest BCUT2D eigenvalue weighted by Crippen LogP contribution is 2.26. The fraction of sp³-hybridized carbons (Fsp3) is 0.533. The van der Waals surface area contributed by atoms with Crippen LogP contribution in [0.15, 0.2) is 30.3 Å². The number of nitrogens with zero attached hydrogens (tertiary/aromatic N) is 1. The first-order valence-electron chi connectivity index (χ1n) is 6.96. The molecule has 110 valence electrons. The van der Waals surface area contributed by atoms with Crippen LogP contribution in [0.25, 0.3) is 0 Å². The van der Waals surface area contributed by atoms with Crippen molar-refractivity contribution in [3.63, 3.8) is 0 Å². The van der Waals surface area contributed by atoms with E-state index in [1.54, 1.807) is 4.90 Å². The highest BCUT2D eigenvalue weighted by atomic mass is 16.3. The van der Waals surface area contributed by atoms with Gasteiger partial charge in [0, 0.05) is 19.5 Å². The number of hydrogen-bond donors (Lipinski definition) is 3. The third-order valence-corrected chi connectivity index (χ3v) is 3.90. The van der Waals surface area contributed by atoms with E-state index >= 15 is 0 Å². The number of likely N-dealkylation sites (tertiary alicyclic amines) is 1. The van der Waals surface area contributed by atoms with Crippen LogP contribution in [-0.2, 0) is 11.2 Å². The lowest BCUT2D eigenvalue weighted by atomic mass is 9.85. The quantitative estimate of drug-likeness (QED) is 0.718. The van der Waals surface area contributed by atoms with Crippen molar-refractivity contribution < 1.29 is 15.0 Å². The van der Waals surface area contributed by atoms with Crippen molar-refractivity contribution >= 4 is 5.91 Å². The topological polar surface area (TPSA) is 86.8 Å². The van der Waals surface area contributed by atoms with E-state index < -0.39 is 11.6 Å². The molecule has 1 aliphatic rings. The van der Waals surface area contributed by atoms with Crippen LogP contribution < -0.4 is 5.73 Å². The largest absolute Gasteiger partial charge is 0.394 e. The molecule has 1 heterocycles. The number of aliphatic hydroxyl groups is 2. The van der Waals surface area contributed by atoms with Crippen molar-refractivity contribution in [2.24, 2.45) is 5.73 Å². The SMILES string of the molecule is N[C@H](CO)C(=O)N1CCC(O)(Cc2ccccc2)CC1. The third kappa shape index (κ3) is 3.56. The monoisotopic (exact) mass is 278 g/mol. The maximum absolute atomic E-state index is 11.9. The van der Waals surface area contributed by atoms with Gasteiger partial charge >= 0.3 is 0 Å². The van der Waals surface area contributed by atoms with Crippen LogP contribution in [0.1, 0.15) is 18.4 Å². The number of rotatable bonds is 4. The van der Waals surface area contributed by atoms with Crippen molar-refractivity contribution in [1.29, 1.82) is 0 Å². The lowest BCUT2D eigenvalue weighted by Gasteiger charge is -2.39. The molecule has 0 radical (unpaired) electrons. The minimum absolute atomic E-state index is 0.241. The Morgan fingerprint density at radius 1 is 1.30 bits per heavy atom. The molecule has 5 nitrogen and oxygen atoms in total. The van der Waals surface area contributed by atoms with Gasteiger partial charge in [0.05, 0.1) is 12.2 Å². The highest BCUT2D eigenvalue weighted by molar-refractivity contribution is 5.81. The van der Waals surface area contributed by atoms with Crippen LogP contribution in [0.2, 0.25) is 0 Å². The molecule has 1 amide bonds. The Bertz CT molecular complexity index is 442. The predicted octanol–water partition coefficient (Wildman–Crippen LogP) is -0.0978. The van der Waals surface area contributed by atoms with E-state index in [1.807, 2.05) is 30.3 Å². The molecule has 0 saturated carbocycles. The number of carbonyl (C=O) groups is 1. The summed E-state index contributed by atoms with van der Waals surface area (Å²) in [6.07, 6.45) is 1.67. The molecule has 1 atom stereocenters. The van der Waals surface area contributed by atoms with Crippen LogP contribution in [0.3, 0.4) is 0 Å². The van der Waals surface area contributed by atoms with Crippen LogP contribution >= 0.6 is 0 Å². The van der Waals surface area contributed by atoms with Gasteiger partial charge < -0.3 is 20.8 Å². The summed E-state index contributed by atoms with van der Waals surface area (Å²) in [5, 5.41) is 19.5. The maximum atomic E-state index is 11.9. The molecule has 1 aromatic carbocycles. The molecule has 0 bridgehead atoms. The van der Waals surface area contributed by atoms with Crippen molar-refractivity contribution in [2.75, 3.05) is 19.7 Å². The molecule has 0 aromatic heterocycles. The molecule has 0 aliphatic carbocycles. The number of hydrogen-bond acceptors (Lipinski definition) is 4. The van der Waals surface area contributed by atoms with E-state index in [0.29, 0.717) is 32.4 Å². The Morgan fingerprint density at radius 3 is 2.45 bits per heavy atom. The molecular weight excluding hydrogens is 256 g/mol. The van der Waals surface area contributed by atoms with Gasteiger partial charge in [0.25, 0.3) is 0 Å². The minimum Gasteiger partial charge on any atom is -0.394 e. The first kappa shape index (κ1) is 15.0. The molecule has 1 saturated heterocycles. The second-order valence-electron chi connectivity index (χ2n) is 5.50. The van der Waals surface area contributed by atoms with Crippen molar-refractivity contribution in [3.8, 4) is 0 Å². The van der Waals surface area contributed by atoms with Gasteiger partial charge in [-0.2, -0.15) is 0 Å². The molecule has 0 unspecified atom stereocenters. The van der Waals surface area contributed by atoms with Crippen molar-refractivity contribution in [3.05, 3.63) is 35.9 Å². The summed E-state index contributed by atoms with van der Waals surface area (Å²) in [7, 11) is 0. The van der Waals surface area contributed by atoms with E-state index in [4.69, 9.17) is 10.8 Å². The molecule has 0 spiro atoms. The molecule has 20 heavy (non-hydrogen) atoms. The number of aliphatic hydroxyl groups excluding tert-OH is 1. The van der Waals surface area contributed by atoms with Gasteiger partial charge in [-0.05, 0) is 18.4 Å². The summed E-state index contributed by atoms with van der Waals surface area (Å²) in [5.41, 5.74) is 5.87. The lowest BCUT2D eigenvalue weighted by Crippen LogP contribution is -2.52. The zero-order valence-electron chi connectivity index (χ0n) is 11.5. The summed E-state index contributed by atoms with van der Waals surface area (Å²) in [4.78, 5) is 13.5. The van der Waals surface area contributed by atoms with Crippen LogP contribution in [0.5, 0.6) is 0 Å². The van der Waals surface area contributed by atoms with Gasteiger partial charge in [-0.15, -0.1) is 0 Å². The number of benzene rings is 1. The number of amides is 1. The number of piperidine rings is 1. The molecule has 1 aromatic rings. The maximum Gasteiger partial charge on any atom is 0.241 e. The van der Waals surface area contributed by atoms with E-state index in [-0.39, 0.29) is 12.5 Å². The Morgan fingerprint density at radius 2 is 1.90 bits per heavy atom. The summed E-state index contributed by atoms with van der Waals surface area (Å²) < 4.78 is 0. The second kappa shape index (κ2) is 6.35. The summed E-state index contributed by atoms with van der Waals surface area (Å²) in [6, 6.07) is 9.00. The molecule has 5 heteroatoms. The van der Waals surface area contributed by atoms with Crippen molar-refractivity contribution in [2.45, 2.75) is 30.9 Å². The fourth-order valence-electron chi connectivity index (χ4n) is 2.61. The van der Waals surface area contributed by atoms with Crippen LogP contribution in [0.4, 0.5) is 0 Å². The Balaban J connectivity index is 1.91. The van der Waals surface area contributed by atoms with Gasteiger partial charge in [0.1, 0.15) is 6.04 Å². The second-order valence-corrected chi connectivity index (χ2v) is 5.50. The van der Waals surface area contributed by atoms with Gasteiger partial charge in [-0.3, -0.25) is 4.79 Å². The molecule has 2 rings (SSSR count). The fourth-order valence-corrected chi connectivity index (χ4v) is 2.61. The number of nitrogens with two attached hydrogens (primary N) is 1. The van der Waals surface area contributed by atoms with E-state index in [9.17, 15) is 9.90 Å². The van der Waals surface area contributed by atoms with Crippen LogP contribution in [0, 0.1) is 0 Å². The average molecular weight is 278 g/mol. The van der Waals surface area contributed by atoms with E-state index in [1.165, 1.54) is 0 Å². The van der Waals surface area contributed by atoms with E-state index in [0.717, 1.165) is 5.56 Å². The Kier molecular flexibility index (Phi) is 4.75. The highest BCUT2D eigenvalue weighted by Gasteiger charge is 2.34. The summed E-state index contributed by atoms with van der Waals surface area (Å²) in [6.45, 7) is 0.620. The van der Waals surface area contributed by atoms with Gasteiger partial charge in [-0.25, -0.2) is 0 Å². The summed E-state index contributed by atoms with van der Waals surface area (Å²) in [5.74, 6) is -0.241. The zero-order valence-corrected chi connectivity index (χ0v) is 11.5. The number of carbonyl (C=O) groups excluding carboxylic acids is 1. The zero-order chi connectivity index (χ0) is 14.6. The first-order valence-corrected chi connectivity index (χ1v) is 6.96. The van der Waals surface area contributed by atoms with Gasteiger partial charge in [0.2, 0.25) is 5.91 Å². The minimum atomic E-state index is -0.852. The smallest absolute Gasteiger partial charge is 0.241 e. The summed E-state index contributed by atoms with van der Waals surface area (Å²) >= 11 is 0. The predicted molar refractivity (Wildman–Crippen MR) is 76.0 cm³/mol. The lowest BCUT2D eigenvalue weighted by molar-refractivity contribution is -0.137. The van der Waals surface area contributed by atoms with Crippen LogP contribution in [-0.4, -0.2) is 52.4 Å². The normalized spacial score (nSPS) is 19.6. The van der Waals surface area contributed by atoms with Gasteiger partial charge in [-0.1, -0.05) is 30.3 Å². The Labute approximate surface area is 119 Å². The van der Waals surface area contributed by atoms with Gasteiger partial charge in [0.15, 0.2) is 0 Å². The third-order valence-electron chi connectivity index (χ3n) is 3.90. The van der Waals surface area contributed by atoms with E-state index in [2.05, 4.69) is 0 Å². The standard InChI is InChI=1S/C15H22N2O3/c16-13(11-18)14(19)17-8-6-15(20,7-9-17)10-12-4-2-1-3-5-12/h1-5,13,18,20H,6-11,16H2/t13-/m1/s1. The molecule has 4 N–H and O–H groups in total. The average Bonchev–Trinajstić information content (AvgIpc) is 2.47.